The van der Waals surface area contributed by atoms with Gasteiger partial charge in [-0.05, 0) is 48.6 Å². The summed E-state index contributed by atoms with van der Waals surface area (Å²) < 4.78 is 12.2. The van der Waals surface area contributed by atoms with Crippen molar-refractivity contribution in [2.75, 3.05) is 27.4 Å². The second-order valence-electron chi connectivity index (χ2n) is 8.88. The maximum atomic E-state index is 13.4. The van der Waals surface area contributed by atoms with E-state index in [0.29, 0.717) is 23.8 Å². The Hall–Kier alpha value is -2.64. The zero-order valence-corrected chi connectivity index (χ0v) is 17.9. The van der Waals surface area contributed by atoms with Crippen molar-refractivity contribution in [2.45, 2.75) is 31.5 Å². The number of esters is 1. The van der Waals surface area contributed by atoms with Crippen LogP contribution in [0.2, 0.25) is 0 Å². The van der Waals surface area contributed by atoms with Gasteiger partial charge in [0.05, 0.1) is 20.3 Å². The molecule has 2 aliphatic heterocycles. The number of pyridine rings is 1. The molecule has 0 spiro atoms. The summed E-state index contributed by atoms with van der Waals surface area (Å²) in [4.78, 5) is 28.3. The fraction of sp³-hybridized carbons (Fsp3) is 0.500. The van der Waals surface area contributed by atoms with Crippen LogP contribution in [0.1, 0.15) is 24.6 Å². The van der Waals surface area contributed by atoms with E-state index >= 15 is 0 Å². The van der Waals surface area contributed by atoms with E-state index in [2.05, 4.69) is 4.90 Å². The molecule has 1 saturated carbocycles. The van der Waals surface area contributed by atoms with Crippen molar-refractivity contribution in [3.05, 3.63) is 52.4 Å². The van der Waals surface area contributed by atoms with Gasteiger partial charge in [-0.15, -0.1) is 0 Å². The van der Waals surface area contributed by atoms with Gasteiger partial charge in [-0.1, -0.05) is 12.1 Å². The van der Waals surface area contributed by atoms with Crippen LogP contribution >= 0.6 is 0 Å². The Morgan fingerprint density at radius 1 is 1.19 bits per heavy atom. The molecule has 7 nitrogen and oxygen atoms in total. The van der Waals surface area contributed by atoms with E-state index in [1.54, 1.807) is 7.11 Å². The number of carbonyl (C=O) groups is 1. The average molecular weight is 424 g/mol. The Morgan fingerprint density at radius 2 is 2.00 bits per heavy atom. The summed E-state index contributed by atoms with van der Waals surface area (Å²) in [6.45, 7) is 1.19. The highest BCUT2D eigenvalue weighted by Crippen LogP contribution is 2.51. The van der Waals surface area contributed by atoms with Crippen LogP contribution in [0.5, 0.6) is 5.75 Å². The minimum absolute atomic E-state index is 0.00103. The first kappa shape index (κ1) is 20.3. The number of hydrogen-bond donors (Lipinski definition) is 1. The molecule has 0 radical (unpaired) electrons. The number of benzene rings is 1. The SMILES string of the molecule is COC(=O)[C@@H]1[C@@H](CO)[C@@H]2Cn3c(ccc(-c4cccc(OC)c4)c3=O)[C@@H]2N1CC1CC1. The minimum Gasteiger partial charge on any atom is -0.497 e. The zero-order valence-electron chi connectivity index (χ0n) is 17.9. The van der Waals surface area contributed by atoms with E-state index in [1.807, 2.05) is 41.0 Å². The Morgan fingerprint density at radius 3 is 2.68 bits per heavy atom. The third-order valence-electron chi connectivity index (χ3n) is 7.18. The number of ether oxygens (including phenoxy) is 2. The van der Waals surface area contributed by atoms with Crippen molar-refractivity contribution in [1.29, 1.82) is 0 Å². The maximum Gasteiger partial charge on any atom is 0.323 e. The second kappa shape index (κ2) is 7.80. The van der Waals surface area contributed by atoms with Crippen LogP contribution in [-0.2, 0) is 16.1 Å². The molecule has 1 saturated heterocycles. The lowest BCUT2D eigenvalue weighted by molar-refractivity contribution is -0.148. The number of carbonyl (C=O) groups excluding carboxylic acids is 1. The molecule has 1 aromatic heterocycles. The first-order valence-electron chi connectivity index (χ1n) is 10.9. The van der Waals surface area contributed by atoms with Gasteiger partial charge in [0.25, 0.3) is 5.56 Å². The van der Waals surface area contributed by atoms with Crippen LogP contribution in [-0.4, -0.2) is 54.0 Å². The van der Waals surface area contributed by atoms with Crippen LogP contribution in [0.15, 0.2) is 41.2 Å². The molecule has 0 bridgehead atoms. The number of rotatable bonds is 6. The molecule has 2 aromatic rings. The van der Waals surface area contributed by atoms with Gasteiger partial charge in [-0.2, -0.15) is 0 Å². The molecule has 3 aliphatic rings. The summed E-state index contributed by atoms with van der Waals surface area (Å²) in [5.41, 5.74) is 2.32. The van der Waals surface area contributed by atoms with Crippen molar-refractivity contribution in [1.82, 2.24) is 9.47 Å². The molecule has 5 rings (SSSR count). The monoisotopic (exact) mass is 424 g/mol. The van der Waals surface area contributed by atoms with Crippen molar-refractivity contribution < 1.29 is 19.4 Å². The van der Waals surface area contributed by atoms with E-state index in [0.717, 1.165) is 30.6 Å². The summed E-state index contributed by atoms with van der Waals surface area (Å²) in [6.07, 6.45) is 2.32. The third-order valence-corrected chi connectivity index (χ3v) is 7.18. The highest BCUT2D eigenvalue weighted by molar-refractivity contribution is 5.77. The van der Waals surface area contributed by atoms with Gasteiger partial charge in [0.2, 0.25) is 0 Å². The van der Waals surface area contributed by atoms with Gasteiger partial charge in [-0.25, -0.2) is 0 Å². The molecule has 3 heterocycles. The lowest BCUT2D eigenvalue weighted by Gasteiger charge is -2.29. The molecule has 1 aromatic carbocycles. The van der Waals surface area contributed by atoms with Crippen molar-refractivity contribution in [3.8, 4) is 16.9 Å². The standard InChI is InChI=1S/C24H28N2O5/c1-30-16-5-3-4-15(10-16)17-8-9-20-21-18(12-25(20)23(17)28)19(13-27)22(24(29)31-2)26(21)11-14-6-7-14/h3-5,8-10,14,18-19,21-22,27H,6-7,11-13H2,1-2H3/t18-,19-,21+,22-/m0/s1. The first-order chi connectivity index (χ1) is 15.1. The fourth-order valence-corrected chi connectivity index (χ4v) is 5.51. The van der Waals surface area contributed by atoms with Crippen LogP contribution in [0.4, 0.5) is 0 Å². The number of fused-ring (bicyclic) bond motifs is 3. The minimum atomic E-state index is -0.465. The van der Waals surface area contributed by atoms with Crippen molar-refractivity contribution >= 4 is 5.97 Å². The predicted molar refractivity (Wildman–Crippen MR) is 115 cm³/mol. The largest absolute Gasteiger partial charge is 0.497 e. The van der Waals surface area contributed by atoms with Gasteiger partial charge in [0.1, 0.15) is 11.8 Å². The van der Waals surface area contributed by atoms with Gasteiger partial charge >= 0.3 is 5.97 Å². The summed E-state index contributed by atoms with van der Waals surface area (Å²) in [7, 11) is 3.01. The number of aliphatic hydroxyl groups is 1. The lowest BCUT2D eigenvalue weighted by Crippen LogP contribution is -2.44. The molecule has 2 fully saturated rings. The normalized spacial score (nSPS) is 27.1. The molecule has 4 atom stereocenters. The van der Waals surface area contributed by atoms with Crippen LogP contribution < -0.4 is 10.3 Å². The maximum absolute atomic E-state index is 13.4. The van der Waals surface area contributed by atoms with Crippen molar-refractivity contribution in [2.24, 2.45) is 17.8 Å². The smallest absolute Gasteiger partial charge is 0.323 e. The van der Waals surface area contributed by atoms with Crippen molar-refractivity contribution in [3.63, 3.8) is 0 Å². The van der Waals surface area contributed by atoms with Gasteiger partial charge in [0.15, 0.2) is 0 Å². The molecule has 164 valence electrons. The number of methoxy groups -OCH3 is 2. The topological polar surface area (TPSA) is 81.0 Å². The number of aromatic nitrogens is 1. The molecule has 0 unspecified atom stereocenters. The molecule has 1 N–H and O–H groups in total. The van der Waals surface area contributed by atoms with Crippen LogP contribution in [0.25, 0.3) is 11.1 Å². The van der Waals surface area contributed by atoms with E-state index < -0.39 is 6.04 Å². The Bertz CT molecular complexity index is 1060. The van der Waals surface area contributed by atoms with E-state index in [9.17, 15) is 14.7 Å². The van der Waals surface area contributed by atoms with Gasteiger partial charge in [0, 0.05) is 42.8 Å². The Kier molecular flexibility index (Phi) is 5.10. The highest BCUT2D eigenvalue weighted by atomic mass is 16.5. The van der Waals surface area contributed by atoms with E-state index in [-0.39, 0.29) is 36.0 Å². The quantitative estimate of drug-likeness (QED) is 0.715. The summed E-state index contributed by atoms with van der Waals surface area (Å²) in [5.74, 6) is 0.728. The molecule has 31 heavy (non-hydrogen) atoms. The van der Waals surface area contributed by atoms with Crippen LogP contribution in [0.3, 0.4) is 0 Å². The average Bonchev–Trinajstić information content (AvgIpc) is 3.45. The van der Waals surface area contributed by atoms with E-state index in [4.69, 9.17) is 9.47 Å². The number of aliphatic hydroxyl groups excluding tert-OH is 1. The van der Waals surface area contributed by atoms with Crippen LogP contribution in [0, 0.1) is 17.8 Å². The lowest BCUT2D eigenvalue weighted by atomic mass is 9.88. The Balaban J connectivity index is 1.57. The highest BCUT2D eigenvalue weighted by Gasteiger charge is 2.56. The summed E-state index contributed by atoms with van der Waals surface area (Å²) in [6, 6.07) is 10.9. The zero-order chi connectivity index (χ0) is 21.7. The third kappa shape index (κ3) is 3.27. The van der Waals surface area contributed by atoms with Gasteiger partial charge in [-0.3, -0.25) is 14.5 Å². The van der Waals surface area contributed by atoms with E-state index in [1.165, 1.54) is 7.11 Å². The molecular weight excluding hydrogens is 396 g/mol. The number of hydrogen-bond acceptors (Lipinski definition) is 6. The number of likely N-dealkylation sites (tertiary alicyclic amines) is 1. The predicted octanol–water partition coefficient (Wildman–Crippen LogP) is 2.07. The second-order valence-corrected chi connectivity index (χ2v) is 8.88. The number of nitrogens with zero attached hydrogens (tertiary/aromatic N) is 2. The summed E-state index contributed by atoms with van der Waals surface area (Å²) in [5, 5.41) is 10.2. The molecular formula is C24H28N2O5. The fourth-order valence-electron chi connectivity index (χ4n) is 5.51. The first-order valence-corrected chi connectivity index (χ1v) is 10.9. The molecule has 1 aliphatic carbocycles. The van der Waals surface area contributed by atoms with Gasteiger partial charge < -0.3 is 19.1 Å². The summed E-state index contributed by atoms with van der Waals surface area (Å²) >= 11 is 0. The molecule has 0 amide bonds. The molecule has 7 heteroatoms. The Labute approximate surface area is 181 Å².